The summed E-state index contributed by atoms with van der Waals surface area (Å²) in [5, 5.41) is 11.9. The molecule has 12 heteroatoms. The molecule has 5 aromatic rings. The number of likely N-dealkylation sites (N-methyl/N-ethyl adjacent to an activating group) is 1. The van der Waals surface area contributed by atoms with E-state index in [1.807, 2.05) is 30.3 Å². The number of amides is 2. The normalized spacial score (nSPS) is 11.7. The van der Waals surface area contributed by atoms with Crippen molar-refractivity contribution in [2.24, 2.45) is 0 Å². The van der Waals surface area contributed by atoms with Crippen molar-refractivity contribution in [2.45, 2.75) is 12.5 Å². The van der Waals surface area contributed by atoms with Gasteiger partial charge in [-0.1, -0.05) is 52.5 Å². The van der Waals surface area contributed by atoms with Crippen LogP contribution < -0.4 is 10.6 Å². The highest BCUT2D eigenvalue weighted by molar-refractivity contribution is 7.17. The summed E-state index contributed by atoms with van der Waals surface area (Å²) in [5.41, 5.74) is 3.72. The monoisotopic (exact) mass is 643 g/mol. The minimum Gasteiger partial charge on any atom is -0.357 e. The molecule has 1 atom stereocenters. The van der Waals surface area contributed by atoms with Gasteiger partial charge in [0.05, 0.1) is 46.9 Å². The van der Waals surface area contributed by atoms with Crippen LogP contribution in [0.4, 0.5) is 0 Å². The Labute approximate surface area is 260 Å². The fourth-order valence-corrected chi connectivity index (χ4v) is 5.66. The Bertz CT molecular complexity index is 1740. The Morgan fingerprint density at radius 2 is 1.68 bits per heavy atom. The van der Waals surface area contributed by atoms with Gasteiger partial charge in [0.2, 0.25) is 5.91 Å². The zero-order chi connectivity index (χ0) is 29.1. The summed E-state index contributed by atoms with van der Waals surface area (Å²) >= 11 is 25.9. The summed E-state index contributed by atoms with van der Waals surface area (Å²) < 4.78 is 1.75. The van der Waals surface area contributed by atoms with Crippen molar-refractivity contribution in [3.63, 3.8) is 0 Å². The average Bonchev–Trinajstić information content (AvgIpc) is 3.64. The fraction of sp³-hybridized carbons (Fsp3) is 0.103. The van der Waals surface area contributed by atoms with E-state index < -0.39 is 6.04 Å². The molecule has 0 saturated carbocycles. The Morgan fingerprint density at radius 3 is 2.37 bits per heavy atom. The van der Waals surface area contributed by atoms with Gasteiger partial charge >= 0.3 is 0 Å². The first kappa shape index (κ1) is 29.1. The molecule has 5 rings (SSSR count). The number of carbonyl (C=O) groups excluding carboxylic acids is 2. The highest BCUT2D eigenvalue weighted by Gasteiger charge is 2.23. The summed E-state index contributed by atoms with van der Waals surface area (Å²) in [7, 11) is 1.52. The van der Waals surface area contributed by atoms with Crippen LogP contribution in [0.3, 0.4) is 0 Å². The highest BCUT2D eigenvalue weighted by atomic mass is 35.5. The van der Waals surface area contributed by atoms with Crippen LogP contribution in [-0.4, -0.2) is 39.7 Å². The number of hydrogen-bond donors (Lipinski definition) is 2. The molecular formula is C29H21Cl4N5O2S. The summed E-state index contributed by atoms with van der Waals surface area (Å²) in [6.07, 6.45) is 3.66. The lowest BCUT2D eigenvalue weighted by Gasteiger charge is -2.17. The topological polar surface area (TPSA) is 88.9 Å². The lowest BCUT2D eigenvalue weighted by Crippen LogP contribution is -2.46. The van der Waals surface area contributed by atoms with Crippen molar-refractivity contribution in [1.29, 1.82) is 0 Å². The van der Waals surface area contributed by atoms with Gasteiger partial charge in [0, 0.05) is 31.4 Å². The second-order valence-corrected chi connectivity index (χ2v) is 11.6. The van der Waals surface area contributed by atoms with Crippen LogP contribution in [0.1, 0.15) is 15.2 Å². The van der Waals surface area contributed by atoms with Crippen LogP contribution in [0.5, 0.6) is 0 Å². The fourth-order valence-electron chi connectivity index (χ4n) is 4.14. The first-order chi connectivity index (χ1) is 19.7. The maximum absolute atomic E-state index is 13.3. The van der Waals surface area contributed by atoms with Crippen LogP contribution in [0, 0.1) is 0 Å². The number of pyridine rings is 1. The molecule has 3 aromatic heterocycles. The van der Waals surface area contributed by atoms with E-state index in [1.54, 1.807) is 53.5 Å². The van der Waals surface area contributed by atoms with Crippen molar-refractivity contribution < 1.29 is 9.59 Å². The van der Waals surface area contributed by atoms with Gasteiger partial charge in [-0.05, 0) is 66.2 Å². The molecule has 2 amide bonds. The second kappa shape index (κ2) is 12.6. The second-order valence-electron chi connectivity index (χ2n) is 8.92. The molecule has 0 spiro atoms. The predicted molar refractivity (Wildman–Crippen MR) is 166 cm³/mol. The number of halogens is 4. The third-order valence-electron chi connectivity index (χ3n) is 6.19. The maximum atomic E-state index is 13.3. The van der Waals surface area contributed by atoms with Crippen molar-refractivity contribution in [3.05, 3.63) is 110 Å². The van der Waals surface area contributed by atoms with Crippen molar-refractivity contribution in [3.8, 4) is 27.5 Å². The molecule has 0 aliphatic heterocycles. The number of nitrogens with one attached hydrogen (secondary N) is 2. The molecule has 7 nitrogen and oxygen atoms in total. The van der Waals surface area contributed by atoms with Gasteiger partial charge < -0.3 is 10.6 Å². The summed E-state index contributed by atoms with van der Waals surface area (Å²) in [6, 6.07) is 18.7. The Kier molecular flexibility index (Phi) is 8.97. The van der Waals surface area contributed by atoms with E-state index >= 15 is 0 Å². The van der Waals surface area contributed by atoms with Gasteiger partial charge in [-0.2, -0.15) is 5.10 Å². The number of aromatic nitrogens is 3. The first-order valence-electron chi connectivity index (χ1n) is 12.3. The quantitative estimate of drug-likeness (QED) is 0.185. The number of carbonyl (C=O) groups is 2. The molecule has 0 aliphatic carbocycles. The largest absolute Gasteiger partial charge is 0.357 e. The van der Waals surface area contributed by atoms with E-state index in [9.17, 15) is 9.59 Å². The molecule has 0 unspecified atom stereocenters. The van der Waals surface area contributed by atoms with E-state index in [0.29, 0.717) is 36.3 Å². The minimum atomic E-state index is -0.825. The summed E-state index contributed by atoms with van der Waals surface area (Å²) in [6.45, 7) is 0. The Balaban J connectivity index is 1.45. The molecule has 0 radical (unpaired) electrons. The molecule has 3 heterocycles. The molecule has 41 heavy (non-hydrogen) atoms. The number of hydrogen-bond acceptors (Lipinski definition) is 5. The molecule has 208 valence electrons. The van der Waals surface area contributed by atoms with Gasteiger partial charge in [-0.25, -0.2) is 4.68 Å². The highest BCUT2D eigenvalue weighted by Crippen LogP contribution is 2.34. The number of nitrogens with zero attached hydrogens (tertiary/aromatic N) is 3. The van der Waals surface area contributed by atoms with E-state index in [1.165, 1.54) is 18.4 Å². The van der Waals surface area contributed by atoms with Crippen LogP contribution in [0.25, 0.3) is 27.5 Å². The van der Waals surface area contributed by atoms with Crippen molar-refractivity contribution in [1.82, 2.24) is 25.4 Å². The van der Waals surface area contributed by atoms with Crippen LogP contribution in [-0.2, 0) is 11.2 Å². The van der Waals surface area contributed by atoms with E-state index in [4.69, 9.17) is 51.5 Å². The molecule has 0 fully saturated rings. The smallest absolute Gasteiger partial charge is 0.262 e. The van der Waals surface area contributed by atoms with Crippen LogP contribution in [0.15, 0.2) is 79.1 Å². The number of benzene rings is 2. The number of rotatable bonds is 8. The lowest BCUT2D eigenvalue weighted by molar-refractivity contribution is -0.122. The van der Waals surface area contributed by atoms with Gasteiger partial charge in [0.1, 0.15) is 6.04 Å². The molecule has 2 N–H and O–H groups in total. The number of thiophene rings is 1. The van der Waals surface area contributed by atoms with Gasteiger partial charge in [-0.3, -0.25) is 14.6 Å². The maximum Gasteiger partial charge on any atom is 0.262 e. The summed E-state index contributed by atoms with van der Waals surface area (Å²) in [4.78, 5) is 31.3. The van der Waals surface area contributed by atoms with Gasteiger partial charge in [-0.15, -0.1) is 11.3 Å². The van der Waals surface area contributed by atoms with Gasteiger partial charge in [0.25, 0.3) is 5.91 Å². The predicted octanol–water partition coefficient (Wildman–Crippen LogP) is 7.36. The van der Waals surface area contributed by atoms with Crippen LogP contribution in [0.2, 0.25) is 20.1 Å². The first-order valence-corrected chi connectivity index (χ1v) is 14.6. The minimum absolute atomic E-state index is 0.235. The van der Waals surface area contributed by atoms with Gasteiger partial charge in [0.15, 0.2) is 0 Å². The van der Waals surface area contributed by atoms with E-state index in [2.05, 4.69) is 15.6 Å². The SMILES string of the molecule is CNC(=O)[C@H](Cc1ccc(Cl)c(Cl)c1)NC(=O)c1ccc(-c2cc(-c3cccnc3)nn2-c2ccc(Cl)c(Cl)c2)s1. The van der Waals surface area contributed by atoms with E-state index in [0.717, 1.165) is 21.7 Å². The molecule has 0 bridgehead atoms. The third-order valence-corrected chi connectivity index (χ3v) is 8.77. The molecule has 0 aliphatic rings. The molecule has 0 saturated heterocycles. The van der Waals surface area contributed by atoms with Crippen molar-refractivity contribution >= 4 is 69.6 Å². The summed E-state index contributed by atoms with van der Waals surface area (Å²) in [5.74, 6) is -0.719. The Hall–Kier alpha value is -3.40. The Morgan fingerprint density at radius 1 is 0.927 bits per heavy atom. The zero-order valence-corrected chi connectivity index (χ0v) is 25.2. The van der Waals surface area contributed by atoms with E-state index in [-0.39, 0.29) is 18.2 Å². The van der Waals surface area contributed by atoms with Crippen molar-refractivity contribution in [2.75, 3.05) is 7.05 Å². The lowest BCUT2D eigenvalue weighted by atomic mass is 10.1. The van der Waals surface area contributed by atoms with Crippen LogP contribution >= 0.6 is 57.7 Å². The molecular weight excluding hydrogens is 624 g/mol. The third kappa shape index (κ3) is 6.58. The molecule has 2 aromatic carbocycles. The average molecular weight is 645 g/mol. The zero-order valence-electron chi connectivity index (χ0n) is 21.4. The standard InChI is InChI=1S/C29H21Cl4N5O2S/c1-34-28(39)24(12-16-4-6-19(30)21(32)11-16)36-29(40)27-9-8-26(41-27)25-14-23(17-3-2-10-35-15-17)37-38(25)18-5-7-20(31)22(33)13-18/h2-11,13-15,24H,12H2,1H3,(H,34,39)(H,36,40)/t24-/m0/s1.